The quantitative estimate of drug-likeness (QED) is 0.712. The van der Waals surface area contributed by atoms with Gasteiger partial charge in [0.1, 0.15) is 24.4 Å². The largest absolute Gasteiger partial charge is 0.376 e. The fourth-order valence-corrected chi connectivity index (χ4v) is 3.39. The van der Waals surface area contributed by atoms with Crippen molar-refractivity contribution in [1.82, 2.24) is 0 Å². The Bertz CT molecular complexity index is 680. The van der Waals surface area contributed by atoms with E-state index < -0.39 is 30.7 Å². The molecule has 1 heterocycles. The highest BCUT2D eigenvalue weighted by atomic mass is 16.7. The first-order chi connectivity index (χ1) is 13.7. The number of benzene rings is 2. The molecule has 0 aliphatic carbocycles. The third kappa shape index (κ3) is 5.38. The molecule has 0 aromatic heterocycles. The lowest BCUT2D eigenvalue weighted by molar-refractivity contribution is -0.306. The number of methoxy groups -OCH3 is 2. The Balaban J connectivity index is 1.63. The molecule has 1 fully saturated rings. The summed E-state index contributed by atoms with van der Waals surface area (Å²) in [6, 6.07) is 19.7. The molecule has 1 aliphatic heterocycles. The van der Waals surface area contributed by atoms with E-state index in [2.05, 4.69) is 0 Å². The van der Waals surface area contributed by atoms with E-state index in [4.69, 9.17) is 23.7 Å². The van der Waals surface area contributed by atoms with E-state index in [0.717, 1.165) is 11.1 Å². The van der Waals surface area contributed by atoms with Gasteiger partial charge < -0.3 is 28.8 Å². The van der Waals surface area contributed by atoms with Crippen molar-refractivity contribution >= 4 is 0 Å². The lowest BCUT2D eigenvalue weighted by Gasteiger charge is -2.43. The molecule has 6 nitrogen and oxygen atoms in total. The molecular formula is C22H28O6. The van der Waals surface area contributed by atoms with Crippen LogP contribution in [0.1, 0.15) is 11.1 Å². The van der Waals surface area contributed by atoms with Crippen molar-refractivity contribution in [3.63, 3.8) is 0 Å². The second-order valence-corrected chi connectivity index (χ2v) is 6.73. The van der Waals surface area contributed by atoms with Crippen LogP contribution in [-0.4, -0.2) is 56.6 Å². The zero-order chi connectivity index (χ0) is 19.8. The van der Waals surface area contributed by atoms with Gasteiger partial charge in [-0.2, -0.15) is 0 Å². The Morgan fingerprint density at radius 2 is 1.36 bits per heavy atom. The van der Waals surface area contributed by atoms with Crippen molar-refractivity contribution in [2.24, 2.45) is 0 Å². The normalized spacial score (nSPS) is 27.6. The highest BCUT2D eigenvalue weighted by Crippen LogP contribution is 2.27. The summed E-state index contributed by atoms with van der Waals surface area (Å²) < 4.78 is 28.7. The lowest BCUT2D eigenvalue weighted by atomic mass is 9.98. The molecule has 152 valence electrons. The maximum absolute atomic E-state index is 10.4. The summed E-state index contributed by atoms with van der Waals surface area (Å²) in [5.74, 6) is 0. The first kappa shape index (κ1) is 20.9. The van der Waals surface area contributed by atoms with Crippen molar-refractivity contribution < 1.29 is 28.8 Å². The van der Waals surface area contributed by atoms with Crippen molar-refractivity contribution in [3.05, 3.63) is 71.8 Å². The van der Waals surface area contributed by atoms with Crippen LogP contribution in [0.2, 0.25) is 0 Å². The van der Waals surface area contributed by atoms with E-state index in [9.17, 15) is 5.11 Å². The second kappa shape index (κ2) is 10.7. The monoisotopic (exact) mass is 388 g/mol. The Morgan fingerprint density at radius 3 is 1.93 bits per heavy atom. The van der Waals surface area contributed by atoms with Gasteiger partial charge in [0, 0.05) is 14.2 Å². The highest BCUT2D eigenvalue weighted by molar-refractivity contribution is 5.14. The summed E-state index contributed by atoms with van der Waals surface area (Å²) in [5.41, 5.74) is 2.10. The SMILES string of the molecule is CO[C@@H]1[C@@H](OCc2ccccc2)[C@H](OC)[C@@H](COCc2ccccc2)O[C@@H]1O. The van der Waals surface area contributed by atoms with E-state index >= 15 is 0 Å². The van der Waals surface area contributed by atoms with Crippen LogP contribution < -0.4 is 0 Å². The molecule has 0 amide bonds. The molecule has 2 aromatic carbocycles. The summed E-state index contributed by atoms with van der Waals surface area (Å²) in [6.45, 7) is 1.11. The molecule has 0 radical (unpaired) electrons. The average Bonchev–Trinajstić information content (AvgIpc) is 2.73. The molecule has 28 heavy (non-hydrogen) atoms. The molecule has 5 atom stereocenters. The third-order valence-electron chi connectivity index (χ3n) is 4.83. The van der Waals surface area contributed by atoms with Crippen molar-refractivity contribution in [1.29, 1.82) is 0 Å². The Labute approximate surface area is 165 Å². The summed E-state index contributed by atoms with van der Waals surface area (Å²) in [5, 5.41) is 10.4. The van der Waals surface area contributed by atoms with E-state index in [0.29, 0.717) is 13.2 Å². The number of aliphatic hydroxyl groups is 1. The Hall–Kier alpha value is -1.80. The standard InChI is InChI=1S/C22H28O6/c1-24-19-18(15-26-13-16-9-5-3-6-10-16)28-22(23)21(25-2)20(19)27-14-17-11-7-4-8-12-17/h3-12,18-23H,13-15H2,1-2H3/t18-,19-,20+,21-,22+/m1/s1. The van der Waals surface area contributed by atoms with E-state index in [1.165, 1.54) is 7.11 Å². The zero-order valence-corrected chi connectivity index (χ0v) is 16.3. The van der Waals surface area contributed by atoms with Gasteiger partial charge in [0.05, 0.1) is 19.8 Å². The fourth-order valence-electron chi connectivity index (χ4n) is 3.39. The van der Waals surface area contributed by atoms with Gasteiger partial charge in [-0.25, -0.2) is 0 Å². The number of aliphatic hydroxyl groups excluding tert-OH is 1. The molecule has 1 N–H and O–H groups in total. The van der Waals surface area contributed by atoms with Crippen molar-refractivity contribution in [2.45, 2.75) is 43.9 Å². The van der Waals surface area contributed by atoms with Crippen LogP contribution in [0.4, 0.5) is 0 Å². The van der Waals surface area contributed by atoms with Crippen LogP contribution >= 0.6 is 0 Å². The van der Waals surface area contributed by atoms with Crippen molar-refractivity contribution in [3.8, 4) is 0 Å². The molecule has 0 unspecified atom stereocenters. The van der Waals surface area contributed by atoms with Gasteiger partial charge in [-0.15, -0.1) is 0 Å². The molecule has 3 rings (SSSR count). The van der Waals surface area contributed by atoms with Crippen LogP contribution in [0.25, 0.3) is 0 Å². The van der Waals surface area contributed by atoms with Gasteiger partial charge in [-0.3, -0.25) is 0 Å². The molecule has 6 heteroatoms. The maximum atomic E-state index is 10.4. The smallest absolute Gasteiger partial charge is 0.184 e. The van der Waals surface area contributed by atoms with Gasteiger partial charge in [0.15, 0.2) is 6.29 Å². The van der Waals surface area contributed by atoms with Crippen LogP contribution in [0, 0.1) is 0 Å². The summed E-state index contributed by atoms with van der Waals surface area (Å²) in [6.07, 6.45) is -3.19. The van der Waals surface area contributed by atoms with E-state index in [-0.39, 0.29) is 6.61 Å². The predicted molar refractivity (Wildman–Crippen MR) is 104 cm³/mol. The van der Waals surface area contributed by atoms with Crippen LogP contribution in [-0.2, 0) is 36.9 Å². The number of hydrogen-bond donors (Lipinski definition) is 1. The number of ether oxygens (including phenoxy) is 5. The second-order valence-electron chi connectivity index (χ2n) is 6.73. The number of hydrogen-bond acceptors (Lipinski definition) is 6. The molecule has 0 spiro atoms. The summed E-state index contributed by atoms with van der Waals surface area (Å²) in [4.78, 5) is 0. The highest BCUT2D eigenvalue weighted by Gasteiger charge is 2.47. The van der Waals surface area contributed by atoms with Gasteiger partial charge in [-0.1, -0.05) is 60.7 Å². The minimum absolute atomic E-state index is 0.270. The molecule has 2 aromatic rings. The summed E-state index contributed by atoms with van der Waals surface area (Å²) in [7, 11) is 3.12. The molecule has 1 saturated heterocycles. The topological polar surface area (TPSA) is 66.4 Å². The first-order valence-corrected chi connectivity index (χ1v) is 9.39. The van der Waals surface area contributed by atoms with Crippen LogP contribution in [0.15, 0.2) is 60.7 Å². The molecule has 1 aliphatic rings. The minimum atomic E-state index is -1.12. The molecule has 0 bridgehead atoms. The van der Waals surface area contributed by atoms with Gasteiger partial charge in [0.25, 0.3) is 0 Å². The summed E-state index contributed by atoms with van der Waals surface area (Å²) >= 11 is 0. The predicted octanol–water partition coefficient (Wildman–Crippen LogP) is 2.54. The number of rotatable bonds is 9. The maximum Gasteiger partial charge on any atom is 0.184 e. The molecular weight excluding hydrogens is 360 g/mol. The van der Waals surface area contributed by atoms with Crippen LogP contribution in [0.5, 0.6) is 0 Å². The van der Waals surface area contributed by atoms with Gasteiger partial charge in [0.2, 0.25) is 0 Å². The molecule has 0 saturated carbocycles. The van der Waals surface area contributed by atoms with E-state index in [1.54, 1.807) is 7.11 Å². The third-order valence-corrected chi connectivity index (χ3v) is 4.83. The van der Waals surface area contributed by atoms with E-state index in [1.807, 2.05) is 60.7 Å². The average molecular weight is 388 g/mol. The fraction of sp³-hybridized carbons (Fsp3) is 0.455. The zero-order valence-electron chi connectivity index (χ0n) is 16.3. The van der Waals surface area contributed by atoms with Gasteiger partial charge >= 0.3 is 0 Å². The Kier molecular flexibility index (Phi) is 7.97. The van der Waals surface area contributed by atoms with Gasteiger partial charge in [-0.05, 0) is 11.1 Å². The van der Waals surface area contributed by atoms with Crippen LogP contribution in [0.3, 0.4) is 0 Å². The minimum Gasteiger partial charge on any atom is -0.376 e. The first-order valence-electron chi connectivity index (χ1n) is 9.39. The van der Waals surface area contributed by atoms with Crippen molar-refractivity contribution in [2.75, 3.05) is 20.8 Å². The Morgan fingerprint density at radius 1 is 0.786 bits per heavy atom. The lowest BCUT2D eigenvalue weighted by Crippen LogP contribution is -2.60.